The molecule has 25 heavy (non-hydrogen) atoms. The summed E-state index contributed by atoms with van der Waals surface area (Å²) in [5.74, 6) is 0.144. The number of benzene rings is 1. The minimum atomic E-state index is -0.0452. The molecule has 1 aromatic carbocycles. The topological polar surface area (TPSA) is 97.5 Å². The Morgan fingerprint density at radius 1 is 1.16 bits per heavy atom. The van der Waals surface area contributed by atoms with Gasteiger partial charge in [0.1, 0.15) is 0 Å². The van der Waals surface area contributed by atoms with Gasteiger partial charge < -0.3 is 26.2 Å². The van der Waals surface area contributed by atoms with Crippen molar-refractivity contribution in [1.29, 1.82) is 5.41 Å². The highest BCUT2D eigenvalue weighted by Crippen LogP contribution is 2.17. The minimum Gasteiger partial charge on any atom is -0.370 e. The Morgan fingerprint density at radius 2 is 1.76 bits per heavy atom. The Morgan fingerprint density at radius 3 is 2.28 bits per heavy atom. The Hall–Kier alpha value is -2.28. The first-order valence-electron chi connectivity index (χ1n) is 8.69. The number of nitrogens with one attached hydrogen (secondary N) is 3. The summed E-state index contributed by atoms with van der Waals surface area (Å²) in [6.45, 7) is 10.3. The second-order valence-corrected chi connectivity index (χ2v) is 7.41. The first-order valence-corrected chi connectivity index (χ1v) is 8.69. The van der Waals surface area contributed by atoms with Crippen molar-refractivity contribution < 1.29 is 4.79 Å². The number of nitrogens with two attached hydrogens (primary N) is 1. The fourth-order valence-electron chi connectivity index (χ4n) is 2.69. The van der Waals surface area contributed by atoms with Crippen molar-refractivity contribution in [1.82, 2.24) is 15.5 Å². The second-order valence-electron chi connectivity index (χ2n) is 7.41. The average molecular weight is 346 g/mol. The number of rotatable bonds is 5. The van der Waals surface area contributed by atoms with Gasteiger partial charge >= 0.3 is 0 Å². The molecular weight excluding hydrogens is 316 g/mol. The van der Waals surface area contributed by atoms with Gasteiger partial charge in [-0.05, 0) is 38.5 Å². The highest BCUT2D eigenvalue weighted by Gasteiger charge is 2.22. The zero-order valence-corrected chi connectivity index (χ0v) is 15.4. The molecular formula is C18H30N6O. The van der Waals surface area contributed by atoms with Crippen LogP contribution in [-0.2, 0) is 11.3 Å². The highest BCUT2D eigenvalue weighted by atomic mass is 16.2. The molecule has 0 aliphatic carbocycles. The Bertz CT molecular complexity index is 585. The Labute approximate surface area is 150 Å². The quantitative estimate of drug-likeness (QED) is 0.465. The molecule has 1 aromatic rings. The van der Waals surface area contributed by atoms with Gasteiger partial charge in [-0.3, -0.25) is 10.2 Å². The fourth-order valence-corrected chi connectivity index (χ4v) is 2.69. The van der Waals surface area contributed by atoms with Crippen LogP contribution in [0.15, 0.2) is 24.3 Å². The lowest BCUT2D eigenvalue weighted by atomic mass is 10.1. The summed E-state index contributed by atoms with van der Waals surface area (Å²) in [5.41, 5.74) is 7.49. The number of hydrogen-bond donors (Lipinski definition) is 4. The van der Waals surface area contributed by atoms with Crippen LogP contribution in [0.1, 0.15) is 26.3 Å². The van der Waals surface area contributed by atoms with Crippen molar-refractivity contribution >= 4 is 17.6 Å². The summed E-state index contributed by atoms with van der Waals surface area (Å²) >= 11 is 0. The maximum absolute atomic E-state index is 12.3. The molecule has 1 saturated heterocycles. The summed E-state index contributed by atoms with van der Waals surface area (Å²) in [5, 5.41) is 13.2. The zero-order valence-electron chi connectivity index (χ0n) is 15.4. The van der Waals surface area contributed by atoms with Crippen LogP contribution in [0.3, 0.4) is 0 Å². The van der Waals surface area contributed by atoms with Gasteiger partial charge in [-0.25, -0.2) is 0 Å². The van der Waals surface area contributed by atoms with Crippen LogP contribution < -0.4 is 21.3 Å². The lowest BCUT2D eigenvalue weighted by Gasteiger charge is -2.36. The van der Waals surface area contributed by atoms with Gasteiger partial charge in [0.25, 0.3) is 0 Å². The smallest absolute Gasteiger partial charge is 0.236 e. The van der Waals surface area contributed by atoms with E-state index in [9.17, 15) is 4.79 Å². The summed E-state index contributed by atoms with van der Waals surface area (Å²) < 4.78 is 0. The van der Waals surface area contributed by atoms with E-state index in [2.05, 4.69) is 48.4 Å². The Kier molecular flexibility index (Phi) is 6.25. The van der Waals surface area contributed by atoms with Gasteiger partial charge in [0, 0.05) is 44.0 Å². The summed E-state index contributed by atoms with van der Waals surface area (Å²) in [7, 11) is 0. The Balaban J connectivity index is 1.81. The third-order valence-electron chi connectivity index (χ3n) is 4.19. The van der Waals surface area contributed by atoms with Gasteiger partial charge in [0.15, 0.2) is 5.96 Å². The van der Waals surface area contributed by atoms with E-state index in [1.807, 2.05) is 17.0 Å². The first-order chi connectivity index (χ1) is 11.7. The van der Waals surface area contributed by atoms with Gasteiger partial charge in [-0.2, -0.15) is 0 Å². The van der Waals surface area contributed by atoms with Crippen LogP contribution >= 0.6 is 0 Å². The first kappa shape index (κ1) is 19.1. The molecule has 138 valence electrons. The van der Waals surface area contributed by atoms with E-state index in [1.54, 1.807) is 0 Å². The van der Waals surface area contributed by atoms with Crippen molar-refractivity contribution in [2.75, 3.05) is 37.6 Å². The van der Waals surface area contributed by atoms with E-state index in [-0.39, 0.29) is 17.4 Å². The lowest BCUT2D eigenvalue weighted by Crippen LogP contribution is -2.52. The molecule has 1 heterocycles. The molecule has 7 nitrogen and oxygen atoms in total. The number of anilines is 1. The molecule has 1 aliphatic rings. The molecule has 0 bridgehead atoms. The van der Waals surface area contributed by atoms with Gasteiger partial charge in [-0.1, -0.05) is 12.1 Å². The standard InChI is InChI=1S/C18H30N6O/c1-18(2,3)22-13-16(25)24-10-8-23(9-11-24)15-6-4-14(5-7-15)12-21-17(19)20/h4-7,22H,8-13H2,1-3H3,(H4,19,20,21). The lowest BCUT2D eigenvalue weighted by molar-refractivity contribution is -0.130. The predicted molar refractivity (Wildman–Crippen MR) is 102 cm³/mol. The van der Waals surface area contributed by atoms with Crippen LogP contribution in [0.4, 0.5) is 5.69 Å². The molecule has 0 saturated carbocycles. The van der Waals surface area contributed by atoms with Crippen LogP contribution in [0, 0.1) is 5.41 Å². The minimum absolute atomic E-state index is 0.0224. The average Bonchev–Trinajstić information content (AvgIpc) is 2.58. The summed E-state index contributed by atoms with van der Waals surface area (Å²) in [4.78, 5) is 16.5. The molecule has 0 atom stereocenters. The number of hydrogen-bond acceptors (Lipinski definition) is 4. The molecule has 2 rings (SSSR count). The van der Waals surface area contributed by atoms with E-state index < -0.39 is 0 Å². The molecule has 0 unspecified atom stereocenters. The molecule has 0 aromatic heterocycles. The van der Waals surface area contributed by atoms with Crippen molar-refractivity contribution in [3.05, 3.63) is 29.8 Å². The monoisotopic (exact) mass is 346 g/mol. The van der Waals surface area contributed by atoms with Crippen LogP contribution in [0.2, 0.25) is 0 Å². The maximum Gasteiger partial charge on any atom is 0.236 e. The van der Waals surface area contributed by atoms with Crippen LogP contribution in [-0.4, -0.2) is 55.0 Å². The normalized spacial score (nSPS) is 15.2. The number of guanidine groups is 1. The van der Waals surface area contributed by atoms with Gasteiger partial charge in [0.2, 0.25) is 5.91 Å². The number of piperazine rings is 1. The van der Waals surface area contributed by atoms with Crippen molar-refractivity contribution in [2.45, 2.75) is 32.9 Å². The van der Waals surface area contributed by atoms with E-state index in [4.69, 9.17) is 11.1 Å². The zero-order chi connectivity index (χ0) is 18.4. The molecule has 5 N–H and O–H groups in total. The number of carbonyl (C=O) groups is 1. The SMILES string of the molecule is CC(C)(C)NCC(=O)N1CCN(c2ccc(CNC(=N)N)cc2)CC1. The van der Waals surface area contributed by atoms with Gasteiger partial charge in [-0.15, -0.1) is 0 Å². The second kappa shape index (κ2) is 8.20. The molecule has 1 aliphatic heterocycles. The van der Waals surface area contributed by atoms with Crippen molar-refractivity contribution in [3.63, 3.8) is 0 Å². The van der Waals surface area contributed by atoms with E-state index >= 15 is 0 Å². The van der Waals surface area contributed by atoms with Crippen molar-refractivity contribution in [3.8, 4) is 0 Å². The molecule has 0 spiro atoms. The molecule has 7 heteroatoms. The third kappa shape index (κ3) is 6.26. The summed E-state index contributed by atoms with van der Waals surface area (Å²) in [6, 6.07) is 8.23. The van der Waals surface area contributed by atoms with E-state index in [1.165, 1.54) is 0 Å². The predicted octanol–water partition coefficient (Wildman–Crippen LogP) is 0.706. The van der Waals surface area contributed by atoms with Crippen molar-refractivity contribution in [2.24, 2.45) is 5.73 Å². The van der Waals surface area contributed by atoms with E-state index in [0.717, 1.165) is 37.4 Å². The molecule has 1 amide bonds. The number of carbonyl (C=O) groups excluding carboxylic acids is 1. The van der Waals surface area contributed by atoms with Gasteiger partial charge in [0.05, 0.1) is 6.54 Å². The highest BCUT2D eigenvalue weighted by molar-refractivity contribution is 5.78. The summed E-state index contributed by atoms with van der Waals surface area (Å²) in [6.07, 6.45) is 0. The fraction of sp³-hybridized carbons (Fsp3) is 0.556. The number of nitrogens with zero attached hydrogens (tertiary/aromatic N) is 2. The maximum atomic E-state index is 12.3. The largest absolute Gasteiger partial charge is 0.370 e. The number of amides is 1. The molecule has 1 fully saturated rings. The van der Waals surface area contributed by atoms with Crippen LogP contribution in [0.5, 0.6) is 0 Å². The van der Waals surface area contributed by atoms with E-state index in [0.29, 0.717) is 13.1 Å². The van der Waals surface area contributed by atoms with Crippen LogP contribution in [0.25, 0.3) is 0 Å². The third-order valence-corrected chi connectivity index (χ3v) is 4.19. The molecule has 0 radical (unpaired) electrons.